The van der Waals surface area contributed by atoms with Crippen molar-refractivity contribution in [3.63, 3.8) is 0 Å². The van der Waals surface area contributed by atoms with Crippen molar-refractivity contribution in [2.24, 2.45) is 4.99 Å². The van der Waals surface area contributed by atoms with E-state index in [4.69, 9.17) is 23.2 Å². The zero-order valence-electron chi connectivity index (χ0n) is 11.3. The number of amidine groups is 1. The number of hydrogen-bond donors (Lipinski definition) is 1. The van der Waals surface area contributed by atoms with Gasteiger partial charge in [0.1, 0.15) is 0 Å². The van der Waals surface area contributed by atoms with Gasteiger partial charge in [0.05, 0.1) is 0 Å². The summed E-state index contributed by atoms with van der Waals surface area (Å²) in [6.45, 7) is 0.771. The summed E-state index contributed by atoms with van der Waals surface area (Å²) in [6, 6.07) is 5.66. The van der Waals surface area contributed by atoms with Crippen LogP contribution in [0.25, 0.3) is 0 Å². The fraction of sp³-hybridized carbons (Fsp3) is 0.533. The van der Waals surface area contributed by atoms with E-state index in [-0.39, 0.29) is 0 Å². The molecule has 0 unspecified atom stereocenters. The Bertz CT molecular complexity index is 525. The Morgan fingerprint density at radius 3 is 2.80 bits per heavy atom. The first-order valence-corrected chi connectivity index (χ1v) is 8.80. The molecule has 0 aromatic heterocycles. The van der Waals surface area contributed by atoms with Crippen LogP contribution in [0.2, 0.25) is 10.0 Å². The molecular weight excluding hydrogens is 311 g/mol. The van der Waals surface area contributed by atoms with Gasteiger partial charge in [-0.1, -0.05) is 53.9 Å². The zero-order chi connectivity index (χ0) is 14.0. The van der Waals surface area contributed by atoms with E-state index in [1.54, 1.807) is 6.07 Å². The summed E-state index contributed by atoms with van der Waals surface area (Å²) < 4.78 is 0. The fourth-order valence-electron chi connectivity index (χ4n) is 2.91. The third-order valence-electron chi connectivity index (χ3n) is 4.07. The molecule has 0 amide bonds. The van der Waals surface area contributed by atoms with Gasteiger partial charge in [0.2, 0.25) is 0 Å². The second-order valence-electron chi connectivity index (χ2n) is 5.57. The normalized spacial score (nSPS) is 22.6. The minimum atomic E-state index is 0.349. The largest absolute Gasteiger partial charge is 0.359 e. The highest BCUT2D eigenvalue weighted by atomic mass is 35.5. The lowest BCUT2D eigenvalue weighted by molar-refractivity contribution is 0.452. The predicted molar refractivity (Wildman–Crippen MR) is 89.3 cm³/mol. The number of nitrogens with zero attached hydrogens (tertiary/aromatic N) is 1. The molecule has 1 aliphatic heterocycles. The van der Waals surface area contributed by atoms with Crippen LogP contribution in [0.1, 0.15) is 31.2 Å². The molecule has 1 saturated heterocycles. The molecule has 1 heterocycles. The minimum absolute atomic E-state index is 0.349. The van der Waals surface area contributed by atoms with Crippen molar-refractivity contribution in [1.29, 1.82) is 0 Å². The molecule has 1 N–H and O–H groups in total. The predicted octanol–water partition coefficient (Wildman–Crippen LogP) is 4.54. The van der Waals surface area contributed by atoms with E-state index in [9.17, 15) is 0 Å². The maximum Gasteiger partial charge on any atom is 0.157 e. The lowest BCUT2D eigenvalue weighted by atomic mass is 10.0. The molecule has 0 radical (unpaired) electrons. The van der Waals surface area contributed by atoms with Crippen LogP contribution in [-0.4, -0.2) is 23.0 Å². The van der Waals surface area contributed by atoms with Crippen LogP contribution in [0.4, 0.5) is 0 Å². The van der Waals surface area contributed by atoms with Crippen molar-refractivity contribution in [1.82, 2.24) is 5.32 Å². The fourth-order valence-corrected chi connectivity index (χ4v) is 4.66. The van der Waals surface area contributed by atoms with Gasteiger partial charge >= 0.3 is 0 Å². The van der Waals surface area contributed by atoms with Crippen LogP contribution < -0.4 is 5.32 Å². The summed E-state index contributed by atoms with van der Waals surface area (Å²) in [5.41, 5.74) is 1.46. The number of aliphatic imine (C=N–C) groups is 1. The Morgan fingerprint density at radius 2 is 2.05 bits per heavy atom. The molecule has 1 aromatic rings. The molecule has 1 aromatic carbocycles. The van der Waals surface area contributed by atoms with Crippen LogP contribution in [-0.2, 0) is 6.42 Å². The van der Waals surface area contributed by atoms with Gasteiger partial charge in [0.15, 0.2) is 5.17 Å². The van der Waals surface area contributed by atoms with Crippen LogP contribution in [0, 0.1) is 0 Å². The minimum Gasteiger partial charge on any atom is -0.359 e. The number of nitrogens with one attached hydrogen (secondary N) is 1. The molecule has 0 bridgehead atoms. The number of halogens is 2. The van der Waals surface area contributed by atoms with E-state index in [2.05, 4.69) is 10.3 Å². The van der Waals surface area contributed by atoms with Crippen molar-refractivity contribution in [3.05, 3.63) is 33.8 Å². The van der Waals surface area contributed by atoms with Gasteiger partial charge in [-0.2, -0.15) is 0 Å². The SMILES string of the molecule is Clc1ccc(CCN=C2NC3(CCCC3)CS2)c(Cl)c1. The van der Waals surface area contributed by atoms with E-state index in [0.29, 0.717) is 10.6 Å². The third-order valence-corrected chi connectivity index (χ3v) is 5.86. The Kier molecular flexibility index (Phi) is 4.49. The molecule has 20 heavy (non-hydrogen) atoms. The Labute approximate surface area is 134 Å². The lowest BCUT2D eigenvalue weighted by Crippen LogP contribution is -2.40. The van der Waals surface area contributed by atoms with Crippen molar-refractivity contribution >= 4 is 40.1 Å². The second kappa shape index (κ2) is 6.17. The average molecular weight is 329 g/mol. The zero-order valence-corrected chi connectivity index (χ0v) is 13.6. The highest BCUT2D eigenvalue weighted by Crippen LogP contribution is 2.37. The van der Waals surface area contributed by atoms with Crippen LogP contribution in [0.3, 0.4) is 0 Å². The Hall–Kier alpha value is -0.380. The first-order chi connectivity index (χ1) is 9.67. The van der Waals surface area contributed by atoms with Gasteiger partial charge in [0, 0.05) is 27.9 Å². The lowest BCUT2D eigenvalue weighted by Gasteiger charge is -2.21. The Balaban J connectivity index is 1.56. The second-order valence-corrected chi connectivity index (χ2v) is 7.38. The highest BCUT2D eigenvalue weighted by molar-refractivity contribution is 8.14. The molecule has 108 valence electrons. The van der Waals surface area contributed by atoms with E-state index in [0.717, 1.165) is 28.7 Å². The van der Waals surface area contributed by atoms with Gasteiger partial charge in [0.25, 0.3) is 0 Å². The maximum absolute atomic E-state index is 6.17. The molecule has 2 fully saturated rings. The molecule has 1 saturated carbocycles. The number of hydrogen-bond acceptors (Lipinski definition) is 2. The summed E-state index contributed by atoms with van der Waals surface area (Å²) in [5, 5.41) is 6.16. The summed E-state index contributed by atoms with van der Waals surface area (Å²) >= 11 is 13.9. The van der Waals surface area contributed by atoms with Crippen LogP contribution >= 0.6 is 35.0 Å². The molecule has 0 atom stereocenters. The van der Waals surface area contributed by atoms with Gasteiger partial charge < -0.3 is 5.32 Å². The van der Waals surface area contributed by atoms with E-state index in [1.807, 2.05) is 23.9 Å². The van der Waals surface area contributed by atoms with Crippen LogP contribution in [0.15, 0.2) is 23.2 Å². The van der Waals surface area contributed by atoms with Gasteiger partial charge in [-0.3, -0.25) is 4.99 Å². The molecule has 1 spiro atoms. The molecule has 2 aliphatic rings. The standard InChI is InChI=1S/C15H18Cl2N2S/c16-12-4-3-11(13(17)9-12)5-8-18-14-19-15(10-20-14)6-1-2-7-15/h3-4,9H,1-2,5-8,10H2,(H,18,19). The summed E-state index contributed by atoms with van der Waals surface area (Å²) in [7, 11) is 0. The van der Waals surface area contributed by atoms with Crippen molar-refractivity contribution < 1.29 is 0 Å². The molecule has 1 aliphatic carbocycles. The summed E-state index contributed by atoms with van der Waals surface area (Å²) in [4.78, 5) is 4.68. The van der Waals surface area contributed by atoms with E-state index < -0.39 is 0 Å². The van der Waals surface area contributed by atoms with Gasteiger partial charge in [-0.25, -0.2) is 0 Å². The monoisotopic (exact) mass is 328 g/mol. The molecule has 3 rings (SSSR count). The van der Waals surface area contributed by atoms with Crippen LogP contribution in [0.5, 0.6) is 0 Å². The highest BCUT2D eigenvalue weighted by Gasteiger charge is 2.39. The number of benzene rings is 1. The summed E-state index contributed by atoms with van der Waals surface area (Å²) in [5.74, 6) is 1.17. The first-order valence-electron chi connectivity index (χ1n) is 7.06. The molecule has 5 heteroatoms. The van der Waals surface area contributed by atoms with E-state index >= 15 is 0 Å². The van der Waals surface area contributed by atoms with Crippen molar-refractivity contribution in [3.8, 4) is 0 Å². The number of thioether (sulfide) groups is 1. The van der Waals surface area contributed by atoms with Crippen molar-refractivity contribution in [2.45, 2.75) is 37.6 Å². The van der Waals surface area contributed by atoms with Crippen molar-refractivity contribution in [2.75, 3.05) is 12.3 Å². The number of rotatable bonds is 3. The first kappa shape index (κ1) is 14.6. The summed E-state index contributed by atoms with van der Waals surface area (Å²) in [6.07, 6.45) is 6.14. The average Bonchev–Trinajstić information content (AvgIpc) is 3.03. The molecule has 2 nitrogen and oxygen atoms in total. The maximum atomic E-state index is 6.17. The van der Waals surface area contributed by atoms with Gasteiger partial charge in [-0.15, -0.1) is 0 Å². The smallest absolute Gasteiger partial charge is 0.157 e. The topological polar surface area (TPSA) is 24.4 Å². The Morgan fingerprint density at radius 1 is 1.25 bits per heavy atom. The van der Waals surface area contributed by atoms with Gasteiger partial charge in [-0.05, 0) is 37.0 Å². The van der Waals surface area contributed by atoms with E-state index in [1.165, 1.54) is 31.4 Å². The third kappa shape index (κ3) is 3.26. The molecular formula is C15H18Cl2N2S. The quantitative estimate of drug-likeness (QED) is 0.880.